The SMILES string of the molecule is Cn1nnn(-c2cc(C(C)(C)C)c(F)cc2OC2CC(O)C2)c1=O. The molecule has 1 N–H and O–H groups in total. The van der Waals surface area contributed by atoms with E-state index in [0.29, 0.717) is 24.1 Å². The monoisotopic (exact) mass is 336 g/mol. The van der Waals surface area contributed by atoms with Crippen molar-refractivity contribution >= 4 is 0 Å². The number of aryl methyl sites for hydroxylation is 1. The van der Waals surface area contributed by atoms with Crippen molar-refractivity contribution < 1.29 is 14.2 Å². The van der Waals surface area contributed by atoms with E-state index in [1.54, 1.807) is 6.07 Å². The van der Waals surface area contributed by atoms with Crippen LogP contribution >= 0.6 is 0 Å². The fraction of sp³-hybridized carbons (Fsp3) is 0.562. The summed E-state index contributed by atoms with van der Waals surface area (Å²) in [4.78, 5) is 12.2. The minimum Gasteiger partial charge on any atom is -0.488 e. The Balaban J connectivity index is 2.11. The molecule has 1 aliphatic rings. The van der Waals surface area contributed by atoms with Crippen molar-refractivity contribution in [3.63, 3.8) is 0 Å². The Kier molecular flexibility index (Phi) is 3.95. The highest BCUT2D eigenvalue weighted by Crippen LogP contribution is 2.35. The molecule has 0 atom stereocenters. The van der Waals surface area contributed by atoms with E-state index in [1.807, 2.05) is 20.8 Å². The first-order valence-corrected chi connectivity index (χ1v) is 7.85. The van der Waals surface area contributed by atoms with Crippen LogP contribution in [0.2, 0.25) is 0 Å². The lowest BCUT2D eigenvalue weighted by Crippen LogP contribution is -2.38. The number of nitrogens with zero attached hydrogens (tertiary/aromatic N) is 4. The van der Waals surface area contributed by atoms with Gasteiger partial charge in [0.25, 0.3) is 0 Å². The van der Waals surface area contributed by atoms with E-state index < -0.39 is 23.0 Å². The molecule has 0 saturated heterocycles. The number of hydrogen-bond donors (Lipinski definition) is 1. The summed E-state index contributed by atoms with van der Waals surface area (Å²) in [7, 11) is 1.49. The Morgan fingerprint density at radius 1 is 1.29 bits per heavy atom. The Bertz CT molecular complexity index is 816. The van der Waals surface area contributed by atoms with Gasteiger partial charge in [0, 0.05) is 26.0 Å². The summed E-state index contributed by atoms with van der Waals surface area (Å²) in [6, 6.07) is 2.86. The maximum Gasteiger partial charge on any atom is 0.368 e. The van der Waals surface area contributed by atoms with Gasteiger partial charge in [-0.15, -0.1) is 0 Å². The zero-order valence-electron chi connectivity index (χ0n) is 14.2. The maximum atomic E-state index is 14.5. The highest BCUT2D eigenvalue weighted by Gasteiger charge is 2.31. The lowest BCUT2D eigenvalue weighted by atomic mass is 9.86. The van der Waals surface area contributed by atoms with Crippen LogP contribution in [0.25, 0.3) is 5.69 Å². The number of tetrazole rings is 1. The predicted octanol–water partition coefficient (Wildman–Crippen LogP) is 1.30. The van der Waals surface area contributed by atoms with E-state index in [-0.39, 0.29) is 11.9 Å². The molecule has 1 heterocycles. The largest absolute Gasteiger partial charge is 0.488 e. The van der Waals surface area contributed by atoms with Gasteiger partial charge in [0.1, 0.15) is 23.4 Å². The molecule has 2 aromatic rings. The fourth-order valence-corrected chi connectivity index (χ4v) is 2.66. The molecule has 130 valence electrons. The molecule has 3 rings (SSSR count). The van der Waals surface area contributed by atoms with Crippen LogP contribution in [0, 0.1) is 5.82 Å². The van der Waals surface area contributed by atoms with Crippen molar-refractivity contribution in [2.24, 2.45) is 7.05 Å². The fourth-order valence-electron chi connectivity index (χ4n) is 2.66. The van der Waals surface area contributed by atoms with Gasteiger partial charge in [-0.05, 0) is 27.5 Å². The van der Waals surface area contributed by atoms with Gasteiger partial charge in [0.2, 0.25) is 0 Å². The Labute approximate surface area is 138 Å². The van der Waals surface area contributed by atoms with Crippen molar-refractivity contribution in [2.45, 2.75) is 51.2 Å². The molecule has 1 aliphatic carbocycles. The summed E-state index contributed by atoms with van der Waals surface area (Å²) in [6.07, 6.45) is 0.372. The van der Waals surface area contributed by atoms with E-state index in [1.165, 1.54) is 13.1 Å². The molecule has 0 unspecified atom stereocenters. The Hall–Kier alpha value is -2.22. The molecule has 0 spiro atoms. The minimum absolute atomic E-state index is 0.203. The molecule has 0 radical (unpaired) electrons. The van der Waals surface area contributed by atoms with E-state index in [4.69, 9.17) is 4.74 Å². The molecule has 1 aromatic heterocycles. The third kappa shape index (κ3) is 2.93. The van der Waals surface area contributed by atoms with E-state index in [9.17, 15) is 14.3 Å². The molecule has 0 bridgehead atoms. The minimum atomic E-state index is -0.449. The summed E-state index contributed by atoms with van der Waals surface area (Å²) in [5.74, 6) is -0.182. The van der Waals surface area contributed by atoms with Gasteiger partial charge in [-0.25, -0.2) is 9.18 Å². The Morgan fingerprint density at radius 2 is 1.96 bits per heavy atom. The van der Waals surface area contributed by atoms with E-state index in [2.05, 4.69) is 10.4 Å². The summed E-state index contributed by atoms with van der Waals surface area (Å²) < 4.78 is 22.5. The molecule has 1 fully saturated rings. The second kappa shape index (κ2) is 5.70. The van der Waals surface area contributed by atoms with E-state index >= 15 is 0 Å². The molecular formula is C16H21FN4O3. The van der Waals surface area contributed by atoms with E-state index in [0.717, 1.165) is 9.36 Å². The van der Waals surface area contributed by atoms with Crippen molar-refractivity contribution in [1.29, 1.82) is 0 Å². The smallest absolute Gasteiger partial charge is 0.368 e. The van der Waals surface area contributed by atoms with Crippen LogP contribution in [0.3, 0.4) is 0 Å². The number of halogens is 1. The molecule has 1 aromatic carbocycles. The maximum absolute atomic E-state index is 14.5. The lowest BCUT2D eigenvalue weighted by molar-refractivity contribution is -0.0109. The first kappa shape index (κ1) is 16.6. The van der Waals surface area contributed by atoms with Gasteiger partial charge < -0.3 is 9.84 Å². The molecule has 1 saturated carbocycles. The number of aromatic nitrogens is 4. The number of hydrogen-bond acceptors (Lipinski definition) is 5. The summed E-state index contributed by atoms with van der Waals surface area (Å²) in [6.45, 7) is 5.66. The predicted molar refractivity (Wildman–Crippen MR) is 84.9 cm³/mol. The van der Waals surface area contributed by atoms with Crippen molar-refractivity contribution in [3.05, 3.63) is 34.0 Å². The molecule has 8 heteroatoms. The zero-order chi connectivity index (χ0) is 17.6. The second-order valence-electron chi connectivity index (χ2n) is 7.21. The molecular weight excluding hydrogens is 315 g/mol. The van der Waals surface area contributed by atoms with Crippen LogP contribution < -0.4 is 10.4 Å². The van der Waals surface area contributed by atoms with Crippen LogP contribution in [0.4, 0.5) is 4.39 Å². The molecule has 7 nitrogen and oxygen atoms in total. The second-order valence-corrected chi connectivity index (χ2v) is 7.21. The summed E-state index contributed by atoms with van der Waals surface area (Å²) >= 11 is 0. The van der Waals surface area contributed by atoms with Gasteiger partial charge in [-0.1, -0.05) is 20.8 Å². The summed E-state index contributed by atoms with van der Waals surface area (Å²) in [5, 5.41) is 16.9. The number of ether oxygens (including phenoxy) is 1. The van der Waals surface area contributed by atoms with Crippen LogP contribution in [0.1, 0.15) is 39.2 Å². The number of rotatable bonds is 3. The third-order valence-electron chi connectivity index (χ3n) is 4.17. The summed E-state index contributed by atoms with van der Waals surface area (Å²) in [5.41, 5.74) is -0.0904. The quantitative estimate of drug-likeness (QED) is 0.914. The number of aliphatic hydroxyl groups is 1. The van der Waals surface area contributed by atoms with Gasteiger partial charge >= 0.3 is 5.69 Å². The van der Waals surface area contributed by atoms with Gasteiger partial charge in [0.15, 0.2) is 0 Å². The third-order valence-corrected chi connectivity index (χ3v) is 4.17. The molecule has 0 amide bonds. The van der Waals surface area contributed by atoms with Crippen LogP contribution in [-0.4, -0.2) is 37.1 Å². The molecule has 0 aliphatic heterocycles. The van der Waals surface area contributed by atoms with Crippen molar-refractivity contribution in [3.8, 4) is 11.4 Å². The van der Waals surface area contributed by atoms with Crippen LogP contribution in [0.15, 0.2) is 16.9 Å². The van der Waals surface area contributed by atoms with Gasteiger partial charge in [0.05, 0.1) is 6.10 Å². The van der Waals surface area contributed by atoms with Crippen molar-refractivity contribution in [2.75, 3.05) is 0 Å². The first-order valence-electron chi connectivity index (χ1n) is 7.85. The lowest BCUT2D eigenvalue weighted by Gasteiger charge is -2.32. The first-order chi connectivity index (χ1) is 11.2. The number of benzene rings is 1. The van der Waals surface area contributed by atoms with Gasteiger partial charge in [-0.3, -0.25) is 0 Å². The normalized spacial score (nSPS) is 20.8. The average molecular weight is 336 g/mol. The Morgan fingerprint density at radius 3 is 2.46 bits per heavy atom. The van der Waals surface area contributed by atoms with Gasteiger partial charge in [-0.2, -0.15) is 9.36 Å². The van der Waals surface area contributed by atoms with Crippen molar-refractivity contribution in [1.82, 2.24) is 19.8 Å². The number of aliphatic hydroxyl groups excluding tert-OH is 1. The topological polar surface area (TPSA) is 82.2 Å². The zero-order valence-corrected chi connectivity index (χ0v) is 14.2. The standard InChI is InChI=1S/C16H21FN4O3/c1-16(2,3)11-7-13(21-15(23)20(4)18-19-21)14(8-12(11)17)24-10-5-9(22)6-10/h7-10,22H,5-6H2,1-4H3. The average Bonchev–Trinajstić information content (AvgIpc) is 2.76. The molecule has 24 heavy (non-hydrogen) atoms. The highest BCUT2D eigenvalue weighted by atomic mass is 19.1. The van der Waals surface area contributed by atoms with Crippen LogP contribution in [0.5, 0.6) is 5.75 Å². The van der Waals surface area contributed by atoms with Crippen LogP contribution in [-0.2, 0) is 12.5 Å². The highest BCUT2D eigenvalue weighted by molar-refractivity contribution is 5.50.